The van der Waals surface area contributed by atoms with Crippen LogP contribution in [0.3, 0.4) is 0 Å². The van der Waals surface area contributed by atoms with Crippen LogP contribution in [0.4, 0.5) is 5.69 Å². The van der Waals surface area contributed by atoms with Crippen molar-refractivity contribution in [2.75, 3.05) is 38.8 Å². The Morgan fingerprint density at radius 3 is 2.72 bits per heavy atom. The standard InChI is InChI=1S/C18H27N3O3.ClH/c1-13(21-9-6-14(7-10-21)5-8-19-2)18(22)20-15-3-4-16-17(11-15)24-12-23-16;/h3-4,11,13-14,19H,5-10,12H2,1-2H3,(H,20,22);1H. The molecule has 2 heterocycles. The molecule has 2 aliphatic heterocycles. The van der Waals surface area contributed by atoms with E-state index in [2.05, 4.69) is 15.5 Å². The normalized spacial score (nSPS) is 18.5. The molecule has 0 aliphatic carbocycles. The van der Waals surface area contributed by atoms with E-state index in [1.54, 1.807) is 0 Å². The third kappa shape index (κ3) is 5.00. The Labute approximate surface area is 155 Å². The number of likely N-dealkylation sites (tertiary alicyclic amines) is 1. The van der Waals surface area contributed by atoms with Crippen LogP contribution in [0, 0.1) is 5.92 Å². The van der Waals surface area contributed by atoms with E-state index in [1.807, 2.05) is 32.2 Å². The average Bonchev–Trinajstić information content (AvgIpc) is 3.07. The van der Waals surface area contributed by atoms with Crippen LogP contribution in [0.2, 0.25) is 0 Å². The summed E-state index contributed by atoms with van der Waals surface area (Å²) in [6, 6.07) is 5.37. The van der Waals surface area contributed by atoms with E-state index >= 15 is 0 Å². The summed E-state index contributed by atoms with van der Waals surface area (Å²) in [5.41, 5.74) is 0.750. The zero-order chi connectivity index (χ0) is 16.9. The number of hydrogen-bond acceptors (Lipinski definition) is 5. The van der Waals surface area contributed by atoms with Crippen LogP contribution in [-0.2, 0) is 4.79 Å². The fourth-order valence-corrected chi connectivity index (χ4v) is 3.36. The van der Waals surface area contributed by atoms with Crippen LogP contribution in [-0.4, -0.2) is 50.3 Å². The molecule has 1 unspecified atom stereocenters. The summed E-state index contributed by atoms with van der Waals surface area (Å²) in [5, 5.41) is 6.20. The van der Waals surface area contributed by atoms with Crippen molar-refractivity contribution < 1.29 is 14.3 Å². The van der Waals surface area contributed by atoms with Crippen LogP contribution < -0.4 is 20.1 Å². The van der Waals surface area contributed by atoms with E-state index in [4.69, 9.17) is 9.47 Å². The van der Waals surface area contributed by atoms with Crippen LogP contribution >= 0.6 is 12.4 Å². The van der Waals surface area contributed by atoms with Crippen molar-refractivity contribution in [2.45, 2.75) is 32.2 Å². The van der Waals surface area contributed by atoms with Crippen LogP contribution in [0.15, 0.2) is 18.2 Å². The van der Waals surface area contributed by atoms with Gasteiger partial charge in [-0.05, 0) is 70.9 Å². The van der Waals surface area contributed by atoms with Gasteiger partial charge >= 0.3 is 0 Å². The van der Waals surface area contributed by atoms with Crippen molar-refractivity contribution in [3.63, 3.8) is 0 Å². The minimum Gasteiger partial charge on any atom is -0.454 e. The topological polar surface area (TPSA) is 62.8 Å². The highest BCUT2D eigenvalue weighted by Gasteiger charge is 2.26. The quantitative estimate of drug-likeness (QED) is 0.806. The Morgan fingerprint density at radius 2 is 2.00 bits per heavy atom. The number of halogens is 1. The smallest absolute Gasteiger partial charge is 0.241 e. The van der Waals surface area contributed by atoms with Gasteiger partial charge in [0.15, 0.2) is 11.5 Å². The Hall–Kier alpha value is -1.50. The maximum Gasteiger partial charge on any atom is 0.241 e. The number of carbonyl (C=O) groups is 1. The molecule has 7 heteroatoms. The molecule has 0 saturated carbocycles. The number of nitrogens with zero attached hydrogens (tertiary/aromatic N) is 1. The zero-order valence-corrected chi connectivity index (χ0v) is 15.7. The maximum atomic E-state index is 12.5. The van der Waals surface area contributed by atoms with E-state index in [1.165, 1.54) is 19.3 Å². The lowest BCUT2D eigenvalue weighted by Gasteiger charge is -2.35. The van der Waals surface area contributed by atoms with E-state index in [0.717, 1.165) is 37.0 Å². The number of nitrogens with one attached hydrogen (secondary N) is 2. The summed E-state index contributed by atoms with van der Waals surface area (Å²) in [6.45, 7) is 5.28. The van der Waals surface area contributed by atoms with Crippen molar-refractivity contribution in [3.05, 3.63) is 18.2 Å². The summed E-state index contributed by atoms with van der Waals surface area (Å²) >= 11 is 0. The molecule has 1 aromatic rings. The molecule has 0 bridgehead atoms. The largest absolute Gasteiger partial charge is 0.454 e. The Morgan fingerprint density at radius 1 is 1.28 bits per heavy atom. The van der Waals surface area contributed by atoms with Crippen molar-refractivity contribution in [3.8, 4) is 11.5 Å². The molecule has 0 spiro atoms. The summed E-state index contributed by atoms with van der Waals surface area (Å²) in [4.78, 5) is 14.8. The lowest BCUT2D eigenvalue weighted by molar-refractivity contribution is -0.121. The monoisotopic (exact) mass is 369 g/mol. The van der Waals surface area contributed by atoms with Gasteiger partial charge in [-0.15, -0.1) is 12.4 Å². The van der Waals surface area contributed by atoms with E-state index in [-0.39, 0.29) is 31.1 Å². The predicted molar refractivity (Wildman–Crippen MR) is 101 cm³/mol. The number of amides is 1. The Bertz CT molecular complexity index is 577. The van der Waals surface area contributed by atoms with Gasteiger partial charge in [0, 0.05) is 11.8 Å². The van der Waals surface area contributed by atoms with E-state index < -0.39 is 0 Å². The predicted octanol–water partition coefficient (Wildman–Crippen LogP) is 2.49. The number of carbonyl (C=O) groups excluding carboxylic acids is 1. The maximum absolute atomic E-state index is 12.5. The Balaban J connectivity index is 0.00000225. The highest BCUT2D eigenvalue weighted by atomic mass is 35.5. The van der Waals surface area contributed by atoms with Gasteiger partial charge in [0.1, 0.15) is 0 Å². The van der Waals surface area contributed by atoms with Crippen LogP contribution in [0.5, 0.6) is 11.5 Å². The second-order valence-corrected chi connectivity index (χ2v) is 6.60. The molecule has 3 rings (SSSR count). The molecule has 1 amide bonds. The number of fused-ring (bicyclic) bond motifs is 1. The molecule has 1 saturated heterocycles. The van der Waals surface area contributed by atoms with Gasteiger partial charge < -0.3 is 20.1 Å². The highest BCUT2D eigenvalue weighted by molar-refractivity contribution is 5.94. The van der Waals surface area contributed by atoms with Crippen molar-refractivity contribution in [1.82, 2.24) is 10.2 Å². The van der Waals surface area contributed by atoms with Crippen molar-refractivity contribution in [1.29, 1.82) is 0 Å². The number of hydrogen-bond donors (Lipinski definition) is 2. The first kappa shape index (κ1) is 19.8. The molecule has 2 N–H and O–H groups in total. The minimum absolute atomic E-state index is 0. The van der Waals surface area contributed by atoms with Gasteiger partial charge in [-0.1, -0.05) is 0 Å². The molecule has 1 atom stereocenters. The summed E-state index contributed by atoms with van der Waals surface area (Å²) in [6.07, 6.45) is 3.56. The molecule has 0 radical (unpaired) electrons. The summed E-state index contributed by atoms with van der Waals surface area (Å²) in [7, 11) is 2.00. The Kier molecular flexibility index (Phi) is 7.35. The molecule has 0 aromatic heterocycles. The van der Waals surface area contributed by atoms with Gasteiger partial charge in [-0.25, -0.2) is 0 Å². The zero-order valence-electron chi connectivity index (χ0n) is 14.9. The van der Waals surface area contributed by atoms with Gasteiger partial charge in [0.2, 0.25) is 12.7 Å². The minimum atomic E-state index is -0.124. The molecule has 2 aliphatic rings. The molecule has 1 fully saturated rings. The number of benzene rings is 1. The number of anilines is 1. The number of ether oxygens (including phenoxy) is 2. The number of piperidine rings is 1. The first-order valence-electron chi connectivity index (χ1n) is 8.76. The fourth-order valence-electron chi connectivity index (χ4n) is 3.36. The molecule has 25 heavy (non-hydrogen) atoms. The second-order valence-electron chi connectivity index (χ2n) is 6.60. The molecule has 1 aromatic carbocycles. The van der Waals surface area contributed by atoms with Gasteiger partial charge in [-0.3, -0.25) is 9.69 Å². The summed E-state index contributed by atoms with van der Waals surface area (Å²) < 4.78 is 10.6. The first-order valence-corrected chi connectivity index (χ1v) is 8.76. The third-order valence-electron chi connectivity index (χ3n) is 5.02. The van der Waals surface area contributed by atoms with Gasteiger partial charge in [0.05, 0.1) is 6.04 Å². The van der Waals surface area contributed by atoms with Crippen molar-refractivity contribution >= 4 is 24.0 Å². The van der Waals surface area contributed by atoms with Crippen LogP contribution in [0.1, 0.15) is 26.2 Å². The SMILES string of the molecule is CNCCC1CCN(C(C)C(=O)Nc2ccc3c(c2)OCO3)CC1.Cl. The van der Waals surface area contributed by atoms with E-state index in [0.29, 0.717) is 5.75 Å². The van der Waals surface area contributed by atoms with Crippen LogP contribution in [0.25, 0.3) is 0 Å². The fraction of sp³-hybridized carbons (Fsp3) is 0.611. The van der Waals surface area contributed by atoms with Gasteiger partial charge in [0.25, 0.3) is 0 Å². The summed E-state index contributed by atoms with van der Waals surface area (Å²) in [5.74, 6) is 2.22. The van der Waals surface area contributed by atoms with E-state index in [9.17, 15) is 4.79 Å². The first-order chi connectivity index (χ1) is 11.7. The average molecular weight is 370 g/mol. The lowest BCUT2D eigenvalue weighted by Crippen LogP contribution is -2.46. The van der Waals surface area contributed by atoms with Crippen molar-refractivity contribution in [2.24, 2.45) is 5.92 Å². The molecular formula is C18H28ClN3O3. The highest BCUT2D eigenvalue weighted by Crippen LogP contribution is 2.34. The molecule has 140 valence electrons. The lowest BCUT2D eigenvalue weighted by atomic mass is 9.93. The second kappa shape index (κ2) is 9.27. The third-order valence-corrected chi connectivity index (χ3v) is 5.02. The number of rotatable bonds is 6. The molecular weight excluding hydrogens is 342 g/mol. The van der Waals surface area contributed by atoms with Gasteiger partial charge in [-0.2, -0.15) is 0 Å². The molecule has 6 nitrogen and oxygen atoms in total.